The zero-order valence-electron chi connectivity index (χ0n) is 12.8. The number of nitrogens with two attached hydrogens (primary N) is 1. The number of hydrogen-bond donors (Lipinski definition) is 1. The molecule has 0 bridgehead atoms. The second-order valence-corrected chi connectivity index (χ2v) is 6.25. The monoisotopic (exact) mass is 302 g/mol. The summed E-state index contributed by atoms with van der Waals surface area (Å²) >= 11 is 0. The summed E-state index contributed by atoms with van der Waals surface area (Å²) in [6, 6.07) is 7.65. The molecule has 1 aromatic carbocycles. The van der Waals surface area contributed by atoms with Crippen LogP contribution in [0.25, 0.3) is 0 Å². The first-order valence-corrected chi connectivity index (χ1v) is 7.79. The summed E-state index contributed by atoms with van der Waals surface area (Å²) < 4.78 is 5.28. The van der Waals surface area contributed by atoms with Gasteiger partial charge in [-0.05, 0) is 29.9 Å². The van der Waals surface area contributed by atoms with E-state index in [0.29, 0.717) is 25.3 Å². The summed E-state index contributed by atoms with van der Waals surface area (Å²) in [5.74, 6) is 0.147. The number of carbonyl (C=O) groups excluding carboxylic acids is 2. The van der Waals surface area contributed by atoms with E-state index in [4.69, 9.17) is 10.5 Å². The zero-order chi connectivity index (χ0) is 15.7. The SMILES string of the molecule is CO[C@H]1C[C@@H](C(N)=O)N(C(=O)Cc2cccc(C3CC3)c2)C1. The quantitative estimate of drug-likeness (QED) is 0.888. The highest BCUT2D eigenvalue weighted by Gasteiger charge is 2.38. The Morgan fingerprint density at radius 1 is 1.36 bits per heavy atom. The van der Waals surface area contributed by atoms with Crippen molar-refractivity contribution in [1.82, 2.24) is 4.90 Å². The molecule has 1 heterocycles. The number of carbonyl (C=O) groups is 2. The Labute approximate surface area is 130 Å². The van der Waals surface area contributed by atoms with Gasteiger partial charge in [-0.1, -0.05) is 24.3 Å². The maximum Gasteiger partial charge on any atom is 0.240 e. The third-order valence-corrected chi connectivity index (χ3v) is 4.60. The second-order valence-electron chi connectivity index (χ2n) is 6.25. The Bertz CT molecular complexity index is 583. The Morgan fingerprint density at radius 3 is 2.77 bits per heavy atom. The van der Waals surface area contributed by atoms with Crippen molar-refractivity contribution in [3.8, 4) is 0 Å². The molecule has 0 radical (unpaired) electrons. The number of methoxy groups -OCH3 is 1. The van der Waals surface area contributed by atoms with Crippen LogP contribution in [-0.2, 0) is 20.7 Å². The van der Waals surface area contributed by atoms with Gasteiger partial charge in [0.1, 0.15) is 6.04 Å². The predicted molar refractivity (Wildman–Crippen MR) is 82.2 cm³/mol. The summed E-state index contributed by atoms with van der Waals surface area (Å²) in [6.45, 7) is 0.436. The molecule has 1 saturated carbocycles. The average molecular weight is 302 g/mol. The molecule has 1 aliphatic heterocycles. The van der Waals surface area contributed by atoms with E-state index in [1.54, 1.807) is 12.0 Å². The molecule has 0 aromatic heterocycles. The molecule has 1 aromatic rings. The molecule has 118 valence electrons. The first-order valence-electron chi connectivity index (χ1n) is 7.79. The maximum atomic E-state index is 12.6. The summed E-state index contributed by atoms with van der Waals surface area (Å²) in [5, 5.41) is 0. The number of primary amides is 1. The van der Waals surface area contributed by atoms with Crippen molar-refractivity contribution in [2.24, 2.45) is 5.73 Å². The Balaban J connectivity index is 1.70. The van der Waals surface area contributed by atoms with Crippen LogP contribution in [-0.4, -0.2) is 42.5 Å². The lowest BCUT2D eigenvalue weighted by Crippen LogP contribution is -2.44. The van der Waals surface area contributed by atoms with Crippen LogP contribution in [0.3, 0.4) is 0 Å². The van der Waals surface area contributed by atoms with Gasteiger partial charge in [-0.25, -0.2) is 0 Å². The fourth-order valence-corrected chi connectivity index (χ4v) is 3.16. The lowest BCUT2D eigenvalue weighted by Gasteiger charge is -2.22. The number of amides is 2. The van der Waals surface area contributed by atoms with Crippen LogP contribution in [0.1, 0.15) is 36.3 Å². The zero-order valence-corrected chi connectivity index (χ0v) is 12.8. The van der Waals surface area contributed by atoms with Gasteiger partial charge in [0.2, 0.25) is 11.8 Å². The third kappa shape index (κ3) is 3.14. The van der Waals surface area contributed by atoms with Crippen LogP contribution in [0.4, 0.5) is 0 Å². The van der Waals surface area contributed by atoms with Gasteiger partial charge in [0.25, 0.3) is 0 Å². The topological polar surface area (TPSA) is 72.6 Å². The Morgan fingerprint density at radius 2 is 2.14 bits per heavy atom. The van der Waals surface area contributed by atoms with Crippen LogP contribution in [0.15, 0.2) is 24.3 Å². The molecule has 2 N–H and O–H groups in total. The van der Waals surface area contributed by atoms with E-state index in [0.717, 1.165) is 5.56 Å². The number of hydrogen-bond acceptors (Lipinski definition) is 3. The van der Waals surface area contributed by atoms with E-state index in [1.807, 2.05) is 12.1 Å². The van der Waals surface area contributed by atoms with Gasteiger partial charge in [0.15, 0.2) is 0 Å². The molecule has 2 amide bonds. The molecular formula is C17H22N2O3. The molecular weight excluding hydrogens is 280 g/mol. The number of ether oxygens (including phenoxy) is 1. The molecule has 2 aliphatic rings. The van der Waals surface area contributed by atoms with Gasteiger partial charge < -0.3 is 15.4 Å². The van der Waals surface area contributed by atoms with Gasteiger partial charge in [-0.2, -0.15) is 0 Å². The Hall–Kier alpha value is -1.88. The third-order valence-electron chi connectivity index (χ3n) is 4.60. The smallest absolute Gasteiger partial charge is 0.240 e. The van der Waals surface area contributed by atoms with Gasteiger partial charge in [0, 0.05) is 20.1 Å². The highest BCUT2D eigenvalue weighted by atomic mass is 16.5. The normalized spacial score (nSPS) is 24.5. The van der Waals surface area contributed by atoms with E-state index < -0.39 is 11.9 Å². The van der Waals surface area contributed by atoms with E-state index >= 15 is 0 Å². The van der Waals surface area contributed by atoms with Crippen molar-refractivity contribution in [3.63, 3.8) is 0 Å². The fourth-order valence-electron chi connectivity index (χ4n) is 3.16. The molecule has 0 spiro atoms. The molecule has 2 atom stereocenters. The number of benzene rings is 1. The van der Waals surface area contributed by atoms with Crippen molar-refractivity contribution >= 4 is 11.8 Å². The van der Waals surface area contributed by atoms with E-state index in [2.05, 4.69) is 12.1 Å². The van der Waals surface area contributed by atoms with Crippen molar-refractivity contribution in [3.05, 3.63) is 35.4 Å². The number of nitrogens with zero attached hydrogens (tertiary/aromatic N) is 1. The molecule has 1 saturated heterocycles. The lowest BCUT2D eigenvalue weighted by molar-refractivity contribution is -0.136. The largest absolute Gasteiger partial charge is 0.380 e. The second kappa shape index (κ2) is 6.08. The molecule has 5 heteroatoms. The van der Waals surface area contributed by atoms with Crippen molar-refractivity contribution in [2.75, 3.05) is 13.7 Å². The first kappa shape index (κ1) is 15.0. The molecule has 1 aliphatic carbocycles. The van der Waals surface area contributed by atoms with Gasteiger partial charge in [0.05, 0.1) is 12.5 Å². The minimum atomic E-state index is -0.552. The van der Waals surface area contributed by atoms with E-state index in [9.17, 15) is 9.59 Å². The highest BCUT2D eigenvalue weighted by Crippen LogP contribution is 2.40. The van der Waals surface area contributed by atoms with E-state index in [1.165, 1.54) is 18.4 Å². The fraction of sp³-hybridized carbons (Fsp3) is 0.529. The summed E-state index contributed by atoms with van der Waals surface area (Å²) in [4.78, 5) is 25.7. The van der Waals surface area contributed by atoms with Crippen molar-refractivity contribution < 1.29 is 14.3 Å². The van der Waals surface area contributed by atoms with Crippen LogP contribution in [0, 0.1) is 0 Å². The van der Waals surface area contributed by atoms with Crippen LogP contribution in [0.5, 0.6) is 0 Å². The first-order chi connectivity index (χ1) is 10.6. The Kier molecular flexibility index (Phi) is 4.16. The number of rotatable bonds is 5. The van der Waals surface area contributed by atoms with Gasteiger partial charge in [-0.15, -0.1) is 0 Å². The molecule has 0 unspecified atom stereocenters. The minimum Gasteiger partial charge on any atom is -0.380 e. The van der Waals surface area contributed by atoms with Crippen molar-refractivity contribution in [2.45, 2.75) is 43.7 Å². The minimum absolute atomic E-state index is 0.0590. The standard InChI is InChI=1S/C17H22N2O3/c1-22-14-9-15(17(18)21)19(10-14)16(20)8-11-3-2-4-13(7-11)12-5-6-12/h2-4,7,12,14-15H,5-6,8-10H2,1H3,(H2,18,21)/t14-,15-/m0/s1. The van der Waals surface area contributed by atoms with E-state index in [-0.39, 0.29) is 12.0 Å². The summed E-state index contributed by atoms with van der Waals surface area (Å²) in [5.41, 5.74) is 7.73. The summed E-state index contributed by atoms with van der Waals surface area (Å²) in [6.07, 6.45) is 3.16. The lowest BCUT2D eigenvalue weighted by atomic mass is 10.0. The molecule has 22 heavy (non-hydrogen) atoms. The van der Waals surface area contributed by atoms with Crippen LogP contribution < -0.4 is 5.73 Å². The highest BCUT2D eigenvalue weighted by molar-refractivity contribution is 5.88. The molecule has 2 fully saturated rings. The number of likely N-dealkylation sites (tertiary alicyclic amines) is 1. The van der Waals surface area contributed by atoms with Gasteiger partial charge >= 0.3 is 0 Å². The summed E-state index contributed by atoms with van der Waals surface area (Å²) in [7, 11) is 1.59. The molecule has 3 rings (SSSR count). The van der Waals surface area contributed by atoms with Crippen molar-refractivity contribution in [1.29, 1.82) is 0 Å². The maximum absolute atomic E-state index is 12.6. The van der Waals surface area contributed by atoms with Crippen LogP contribution in [0.2, 0.25) is 0 Å². The van der Waals surface area contributed by atoms with Crippen LogP contribution >= 0.6 is 0 Å². The van der Waals surface area contributed by atoms with Gasteiger partial charge in [-0.3, -0.25) is 9.59 Å². The molecule has 5 nitrogen and oxygen atoms in total. The average Bonchev–Trinajstić information content (AvgIpc) is 3.25. The predicted octanol–water partition coefficient (Wildman–Crippen LogP) is 1.21.